The smallest absolute Gasteiger partial charge is 0.465 e. The van der Waals surface area contributed by atoms with Crippen LogP contribution in [0.15, 0.2) is 0 Å². The predicted molar refractivity (Wildman–Crippen MR) is 103 cm³/mol. The summed E-state index contributed by atoms with van der Waals surface area (Å²) < 4.78 is 30.9. The Morgan fingerprint density at radius 2 is 1.43 bits per heavy atom. The molecule has 0 aromatic carbocycles. The van der Waals surface area contributed by atoms with Crippen molar-refractivity contribution in [3.8, 4) is 0 Å². The van der Waals surface area contributed by atoms with Crippen molar-refractivity contribution in [3.63, 3.8) is 0 Å². The molecule has 0 aromatic rings. The lowest BCUT2D eigenvalue weighted by atomic mass is 9.93. The van der Waals surface area contributed by atoms with Crippen molar-refractivity contribution in [2.24, 2.45) is 11.8 Å². The molecular formula is C18H34O9Si. The third-order valence-corrected chi connectivity index (χ3v) is 7.16. The van der Waals surface area contributed by atoms with Gasteiger partial charge in [0.15, 0.2) is 0 Å². The molecule has 0 heterocycles. The number of carbonyl (C=O) groups is 3. The van der Waals surface area contributed by atoms with Crippen molar-refractivity contribution in [1.82, 2.24) is 0 Å². The first-order valence-corrected chi connectivity index (χ1v) is 11.2. The molecular weight excluding hydrogens is 388 g/mol. The van der Waals surface area contributed by atoms with Crippen molar-refractivity contribution in [2.75, 3.05) is 48.3 Å². The van der Waals surface area contributed by atoms with Crippen LogP contribution >= 0.6 is 0 Å². The minimum absolute atomic E-state index is 0.0797. The average Bonchev–Trinajstić information content (AvgIpc) is 2.69. The fraction of sp³-hybridized carbons (Fsp3) is 0.833. The zero-order valence-corrected chi connectivity index (χ0v) is 18.8. The fourth-order valence-corrected chi connectivity index (χ4v) is 4.23. The summed E-state index contributed by atoms with van der Waals surface area (Å²) in [5, 5.41) is 0. The van der Waals surface area contributed by atoms with Gasteiger partial charge >= 0.3 is 20.7 Å². The molecule has 0 saturated carbocycles. The summed E-state index contributed by atoms with van der Waals surface area (Å²) in [7, 11) is 3.35. The van der Waals surface area contributed by atoms with Gasteiger partial charge in [0.1, 0.15) is 18.3 Å². The number of rotatable bonds is 16. The number of ether oxygens (including phenoxy) is 3. The van der Waals surface area contributed by atoms with Crippen molar-refractivity contribution in [1.29, 1.82) is 0 Å². The zero-order valence-electron chi connectivity index (χ0n) is 17.8. The molecule has 0 amide bonds. The van der Waals surface area contributed by atoms with Crippen molar-refractivity contribution >= 4 is 26.5 Å². The molecule has 0 bridgehead atoms. The topological polar surface area (TPSA) is 107 Å². The third kappa shape index (κ3) is 9.24. The molecule has 2 atom stereocenters. The number of Topliss-reactive ketones (excluding diaryl/α,β-unsaturated/α-hetero) is 1. The van der Waals surface area contributed by atoms with E-state index < -0.39 is 32.6 Å². The first-order chi connectivity index (χ1) is 13.3. The Hall–Kier alpha value is -1.33. The minimum atomic E-state index is -2.70. The maximum Gasteiger partial charge on any atom is 0.500 e. The highest BCUT2D eigenvalue weighted by Crippen LogP contribution is 2.17. The second-order valence-electron chi connectivity index (χ2n) is 6.26. The summed E-state index contributed by atoms with van der Waals surface area (Å²) in [6.45, 7) is 3.84. The van der Waals surface area contributed by atoms with Crippen LogP contribution in [0.1, 0.15) is 33.1 Å². The number of hydrogen-bond acceptors (Lipinski definition) is 9. The third-order valence-electron chi connectivity index (χ3n) is 4.33. The molecule has 0 rings (SSSR count). The van der Waals surface area contributed by atoms with Crippen molar-refractivity contribution in [3.05, 3.63) is 0 Å². The van der Waals surface area contributed by atoms with Crippen LogP contribution < -0.4 is 0 Å². The second-order valence-corrected chi connectivity index (χ2v) is 9.35. The van der Waals surface area contributed by atoms with Crippen LogP contribution in [0.2, 0.25) is 6.04 Å². The van der Waals surface area contributed by atoms with Crippen LogP contribution in [-0.2, 0) is 41.9 Å². The number of esters is 2. The molecule has 0 N–H and O–H groups in total. The van der Waals surface area contributed by atoms with Crippen LogP contribution in [-0.4, -0.2) is 74.8 Å². The molecule has 164 valence electrons. The van der Waals surface area contributed by atoms with Gasteiger partial charge in [0.05, 0.1) is 19.1 Å². The maximum absolute atomic E-state index is 12.4. The van der Waals surface area contributed by atoms with Crippen LogP contribution in [0.25, 0.3) is 0 Å². The van der Waals surface area contributed by atoms with Crippen LogP contribution in [0.3, 0.4) is 0 Å². The largest absolute Gasteiger partial charge is 0.500 e. The van der Waals surface area contributed by atoms with E-state index in [0.717, 1.165) is 0 Å². The number of ketones is 1. The Labute approximate surface area is 168 Å². The Bertz CT molecular complexity index is 471. The van der Waals surface area contributed by atoms with E-state index >= 15 is 0 Å². The van der Waals surface area contributed by atoms with Gasteiger partial charge in [0.25, 0.3) is 0 Å². The summed E-state index contributed by atoms with van der Waals surface area (Å²) >= 11 is 0. The highest BCUT2D eigenvalue weighted by molar-refractivity contribution is 6.60. The van der Waals surface area contributed by atoms with Gasteiger partial charge in [0, 0.05) is 40.9 Å². The van der Waals surface area contributed by atoms with Crippen molar-refractivity contribution < 1.29 is 41.9 Å². The van der Waals surface area contributed by atoms with Gasteiger partial charge in [-0.15, -0.1) is 0 Å². The molecule has 28 heavy (non-hydrogen) atoms. The number of hydrogen-bond donors (Lipinski definition) is 0. The Morgan fingerprint density at radius 1 is 0.857 bits per heavy atom. The van der Waals surface area contributed by atoms with Gasteiger partial charge < -0.3 is 27.5 Å². The molecule has 2 unspecified atom stereocenters. The number of methoxy groups -OCH3 is 1. The molecule has 9 nitrogen and oxygen atoms in total. The van der Waals surface area contributed by atoms with E-state index in [1.807, 2.05) is 0 Å². The second kappa shape index (κ2) is 14.6. The molecule has 0 aliphatic rings. The highest BCUT2D eigenvalue weighted by atomic mass is 28.4. The standard InChI is InChI=1S/C18H34O9Si/c1-7-15(18(21)27-11-10-22-3)16(19)13-14(2)17(20)26-9-8-12-28(23-4,24-5)25-6/h14-15H,7-13H2,1-6H3. The number of carbonyl (C=O) groups excluding carboxylic acids is 3. The van der Waals surface area contributed by atoms with Gasteiger partial charge in [0.2, 0.25) is 0 Å². The molecule has 0 saturated heterocycles. The molecule has 0 fully saturated rings. The average molecular weight is 423 g/mol. The monoisotopic (exact) mass is 422 g/mol. The highest BCUT2D eigenvalue weighted by Gasteiger charge is 2.37. The summed E-state index contributed by atoms with van der Waals surface area (Å²) in [4.78, 5) is 36.5. The van der Waals surface area contributed by atoms with E-state index in [1.54, 1.807) is 13.8 Å². The van der Waals surface area contributed by atoms with Gasteiger partial charge in [-0.2, -0.15) is 0 Å². The van der Waals surface area contributed by atoms with Gasteiger partial charge in [-0.05, 0) is 12.8 Å². The van der Waals surface area contributed by atoms with Gasteiger partial charge in [-0.3, -0.25) is 14.4 Å². The van der Waals surface area contributed by atoms with Gasteiger partial charge in [-0.25, -0.2) is 0 Å². The SMILES string of the molecule is CCC(C(=O)CC(C)C(=O)OCCC[Si](OC)(OC)OC)C(=O)OCCOC. The molecule has 0 radical (unpaired) electrons. The lowest BCUT2D eigenvalue weighted by molar-refractivity contribution is -0.156. The van der Waals surface area contributed by atoms with Crippen LogP contribution in [0.4, 0.5) is 0 Å². The maximum atomic E-state index is 12.4. The lowest BCUT2D eigenvalue weighted by Crippen LogP contribution is -2.42. The molecule has 10 heteroatoms. The summed E-state index contributed by atoms with van der Waals surface area (Å²) in [6.07, 6.45) is 0.741. The van der Waals surface area contributed by atoms with E-state index in [-0.39, 0.29) is 32.0 Å². The van der Waals surface area contributed by atoms with E-state index in [4.69, 9.17) is 27.5 Å². The van der Waals surface area contributed by atoms with E-state index in [2.05, 4.69) is 0 Å². The summed E-state index contributed by atoms with van der Waals surface area (Å²) in [5.74, 6) is -2.95. The molecule has 0 aliphatic carbocycles. The quantitative estimate of drug-likeness (QED) is 0.159. The van der Waals surface area contributed by atoms with Crippen molar-refractivity contribution in [2.45, 2.75) is 39.2 Å². The van der Waals surface area contributed by atoms with Gasteiger partial charge in [-0.1, -0.05) is 13.8 Å². The van der Waals surface area contributed by atoms with E-state index in [9.17, 15) is 14.4 Å². The Morgan fingerprint density at radius 3 is 1.93 bits per heavy atom. The summed E-state index contributed by atoms with van der Waals surface area (Å²) in [6, 6.07) is 0.502. The molecule has 0 aliphatic heterocycles. The van der Waals surface area contributed by atoms with E-state index in [0.29, 0.717) is 18.9 Å². The minimum Gasteiger partial charge on any atom is -0.465 e. The fourth-order valence-electron chi connectivity index (χ4n) is 2.54. The predicted octanol–water partition coefficient (Wildman–Crippen LogP) is 1.61. The Balaban J connectivity index is 4.40. The summed E-state index contributed by atoms with van der Waals surface area (Å²) in [5.41, 5.74) is 0. The van der Waals surface area contributed by atoms with E-state index in [1.165, 1.54) is 28.4 Å². The zero-order chi connectivity index (χ0) is 21.6. The lowest BCUT2D eigenvalue weighted by Gasteiger charge is -2.24. The molecule has 0 aromatic heterocycles. The molecule has 0 spiro atoms. The Kier molecular flexibility index (Phi) is 13.9. The normalized spacial score (nSPS) is 13.6. The van der Waals surface area contributed by atoms with Crippen LogP contribution in [0.5, 0.6) is 0 Å². The van der Waals surface area contributed by atoms with Crippen LogP contribution in [0, 0.1) is 11.8 Å². The first kappa shape index (κ1) is 26.7. The first-order valence-electron chi connectivity index (χ1n) is 9.31.